The van der Waals surface area contributed by atoms with E-state index < -0.39 is 74.5 Å². The van der Waals surface area contributed by atoms with Crippen molar-refractivity contribution in [3.8, 4) is 11.5 Å². The van der Waals surface area contributed by atoms with Crippen LogP contribution in [0.1, 0.15) is 66.9 Å². The first-order valence-corrected chi connectivity index (χ1v) is 31.0. The van der Waals surface area contributed by atoms with Gasteiger partial charge in [0, 0.05) is 18.2 Å². The fraction of sp³-hybridized carbons (Fsp3) is 0.357. The SMILES string of the molecule is COc1ccc(C(OC[C@H]2O[C@@H](n3c(=O)[nH]c4c(NC(=O)c5ccccc5)ncnc43)[C@H](O[Si](C)(C)C(C)(C)C)[C@@H]2OP2O[C@H](CS(=O)(=O)c3ccccc3)[C@@H]3CCCN32)(c2ccccc2)c2ccc(OC)cc2)cc1. The molecule has 5 aromatic carbocycles. The highest BCUT2D eigenvalue weighted by Crippen LogP contribution is 2.59. The van der Waals surface area contributed by atoms with E-state index in [1.54, 1.807) is 68.8 Å². The van der Waals surface area contributed by atoms with Crippen LogP contribution in [-0.2, 0) is 38.4 Å². The Morgan fingerprint density at radius 2 is 1.39 bits per heavy atom. The zero-order chi connectivity index (χ0) is 53.4. The van der Waals surface area contributed by atoms with Gasteiger partial charge in [-0.05, 0) is 96.2 Å². The van der Waals surface area contributed by atoms with Crippen molar-refractivity contribution in [3.05, 3.63) is 179 Å². The third-order valence-electron chi connectivity index (χ3n) is 15.0. The van der Waals surface area contributed by atoms with Gasteiger partial charge in [-0.1, -0.05) is 112 Å². The van der Waals surface area contributed by atoms with Crippen LogP contribution >= 0.6 is 8.53 Å². The monoisotopic (exact) mass is 1090 g/mol. The average Bonchev–Trinajstić information content (AvgIpc) is 4.22. The molecule has 76 heavy (non-hydrogen) atoms. The molecule has 1 amide bonds. The van der Waals surface area contributed by atoms with Gasteiger partial charge in [0.1, 0.15) is 47.3 Å². The number of imidazole rings is 1. The van der Waals surface area contributed by atoms with Gasteiger partial charge < -0.3 is 42.7 Å². The van der Waals surface area contributed by atoms with Gasteiger partial charge in [-0.3, -0.25) is 4.79 Å². The average molecular weight is 1090 g/mol. The van der Waals surface area contributed by atoms with Gasteiger partial charge in [-0.2, -0.15) is 0 Å². The second kappa shape index (κ2) is 21.7. The fourth-order valence-electron chi connectivity index (χ4n) is 10.0. The van der Waals surface area contributed by atoms with Crippen LogP contribution in [0.3, 0.4) is 0 Å². The molecule has 0 aliphatic carbocycles. The molecule has 17 nitrogen and oxygen atoms in total. The molecule has 2 aromatic heterocycles. The Kier molecular flexibility index (Phi) is 15.2. The number of hydrogen-bond donors (Lipinski definition) is 2. The number of H-pyrrole nitrogens is 1. The van der Waals surface area contributed by atoms with E-state index in [9.17, 15) is 18.0 Å². The van der Waals surface area contributed by atoms with E-state index in [2.05, 4.69) is 58.8 Å². The molecular weight excluding hydrogens is 1020 g/mol. The Balaban J connectivity index is 1.10. The van der Waals surface area contributed by atoms with Gasteiger partial charge >= 0.3 is 5.69 Å². The lowest BCUT2D eigenvalue weighted by Gasteiger charge is -2.41. The maximum Gasteiger partial charge on any atom is 0.330 e. The summed E-state index contributed by atoms with van der Waals surface area (Å²) >= 11 is 0. The number of methoxy groups -OCH3 is 2. The largest absolute Gasteiger partial charge is 0.497 e. The van der Waals surface area contributed by atoms with Crippen LogP contribution in [0.25, 0.3) is 11.2 Å². The maximum absolute atomic E-state index is 14.7. The minimum absolute atomic E-state index is 0.0910. The Labute approximate surface area is 444 Å². The van der Waals surface area contributed by atoms with Gasteiger partial charge in [0.15, 0.2) is 35.8 Å². The molecule has 398 valence electrons. The van der Waals surface area contributed by atoms with Crippen molar-refractivity contribution >= 4 is 49.6 Å². The Bertz CT molecular complexity index is 3260. The molecule has 0 saturated carbocycles. The van der Waals surface area contributed by atoms with Crippen LogP contribution < -0.4 is 20.5 Å². The van der Waals surface area contributed by atoms with E-state index in [0.29, 0.717) is 30.0 Å². The van der Waals surface area contributed by atoms with Crippen LogP contribution in [0.5, 0.6) is 11.5 Å². The van der Waals surface area contributed by atoms with Crippen molar-refractivity contribution in [1.29, 1.82) is 0 Å². The number of rotatable bonds is 18. The number of nitrogens with one attached hydrogen (secondary N) is 2. The number of carbonyl (C=O) groups is 1. The first-order valence-electron chi connectivity index (χ1n) is 25.3. The zero-order valence-corrected chi connectivity index (χ0v) is 46.2. The van der Waals surface area contributed by atoms with Gasteiger partial charge in [0.25, 0.3) is 14.4 Å². The minimum Gasteiger partial charge on any atom is -0.497 e. The van der Waals surface area contributed by atoms with E-state index in [-0.39, 0.29) is 45.3 Å². The summed E-state index contributed by atoms with van der Waals surface area (Å²) in [5.41, 5.74) is 1.23. The minimum atomic E-state index is -3.76. The third-order valence-corrected chi connectivity index (χ3v) is 23.0. The molecule has 3 aliphatic rings. The molecule has 3 fully saturated rings. The van der Waals surface area contributed by atoms with Gasteiger partial charge in [0.2, 0.25) is 0 Å². The van der Waals surface area contributed by atoms with Crippen molar-refractivity contribution in [3.63, 3.8) is 0 Å². The standard InChI is InChI=1S/C56H63N6O11PSSi/c1-55(2,3)76(6,7)73-49-48(72-74-61-33-17-24-44(61)46(71-74)35-75(65,66)43-22-15-10-16-23-43)45(70-53(49)62-51-47(59-54(62)64)50(57-36-58-51)60-52(63)37-18-11-8-12-19-37)34-69-56(38-20-13-9-14-21-38,39-25-29-41(67-4)30-26-39)40-27-31-42(68-5)32-28-40/h8-16,18-23,25-32,36,44-46,48-49,53H,17,24,33-35H2,1-7H3,(H,59,64)(H,57,58,60,63)/t44-,45+,46+,48+,49+,53+,74?/m0/s1. The lowest BCUT2D eigenvalue weighted by molar-refractivity contribution is -0.0928. The highest BCUT2D eigenvalue weighted by atomic mass is 32.2. The van der Waals surface area contributed by atoms with Crippen molar-refractivity contribution in [2.75, 3.05) is 38.4 Å². The third kappa shape index (κ3) is 10.4. The fourth-order valence-corrected chi connectivity index (χ4v) is 14.9. The Morgan fingerprint density at radius 3 is 2.00 bits per heavy atom. The van der Waals surface area contributed by atoms with Gasteiger partial charge in [-0.15, -0.1) is 0 Å². The van der Waals surface area contributed by atoms with E-state index >= 15 is 0 Å². The van der Waals surface area contributed by atoms with Crippen molar-refractivity contribution in [1.82, 2.24) is 24.2 Å². The molecule has 3 saturated heterocycles. The molecule has 7 atom stereocenters. The van der Waals surface area contributed by atoms with Crippen molar-refractivity contribution in [2.45, 2.75) is 98.9 Å². The molecule has 5 heterocycles. The maximum atomic E-state index is 14.7. The molecule has 3 aliphatic heterocycles. The van der Waals surface area contributed by atoms with E-state index in [0.717, 1.165) is 23.1 Å². The topological polar surface area (TPSA) is 195 Å². The molecule has 0 bridgehead atoms. The molecule has 7 aromatic rings. The number of carbonyl (C=O) groups excluding carboxylic acids is 1. The summed E-state index contributed by atoms with van der Waals surface area (Å²) in [5.74, 6) is 0.740. The second-order valence-electron chi connectivity index (χ2n) is 20.7. The van der Waals surface area contributed by atoms with Crippen molar-refractivity contribution < 1.29 is 45.6 Å². The van der Waals surface area contributed by atoms with Gasteiger partial charge in [-0.25, -0.2) is 32.4 Å². The van der Waals surface area contributed by atoms with Crippen LogP contribution in [0.2, 0.25) is 18.1 Å². The highest BCUT2D eigenvalue weighted by Gasteiger charge is 2.57. The lowest BCUT2D eigenvalue weighted by atomic mass is 9.80. The highest BCUT2D eigenvalue weighted by molar-refractivity contribution is 7.91. The van der Waals surface area contributed by atoms with E-state index in [1.807, 2.05) is 84.9 Å². The number of aromatic amines is 1. The van der Waals surface area contributed by atoms with Crippen LogP contribution in [0, 0.1) is 0 Å². The Hall–Kier alpha value is -6.12. The smallest absolute Gasteiger partial charge is 0.330 e. The number of fused-ring (bicyclic) bond motifs is 2. The van der Waals surface area contributed by atoms with E-state index in [4.69, 9.17) is 32.4 Å². The number of benzene rings is 5. The number of anilines is 1. The number of aromatic nitrogens is 4. The summed E-state index contributed by atoms with van der Waals surface area (Å²) in [7, 11) is -5.28. The van der Waals surface area contributed by atoms with Crippen LogP contribution in [0.15, 0.2) is 156 Å². The summed E-state index contributed by atoms with van der Waals surface area (Å²) < 4.78 is 79.3. The first kappa shape index (κ1) is 53.3. The van der Waals surface area contributed by atoms with E-state index in [1.165, 1.54) is 10.9 Å². The molecule has 0 spiro atoms. The second-order valence-corrected chi connectivity index (χ2v) is 28.9. The predicted molar refractivity (Wildman–Crippen MR) is 292 cm³/mol. The Morgan fingerprint density at radius 1 is 0.803 bits per heavy atom. The van der Waals surface area contributed by atoms with Gasteiger partial charge in [0.05, 0.1) is 37.6 Å². The normalized spacial score (nSPS) is 22.2. The zero-order valence-electron chi connectivity index (χ0n) is 43.5. The summed E-state index contributed by atoms with van der Waals surface area (Å²) in [4.78, 5) is 40.4. The first-order chi connectivity index (χ1) is 36.5. The molecule has 10 rings (SSSR count). The number of hydrogen-bond acceptors (Lipinski definition) is 14. The number of amides is 1. The molecule has 0 radical (unpaired) electrons. The quantitative estimate of drug-likeness (QED) is 0.0468. The molecular formula is C56H63N6O11PSSi. The molecule has 2 N–H and O–H groups in total. The summed E-state index contributed by atoms with van der Waals surface area (Å²) in [6.07, 6.45) is -2.05. The molecule has 1 unspecified atom stereocenters. The lowest BCUT2D eigenvalue weighted by Crippen LogP contribution is -2.50. The van der Waals surface area contributed by atoms with Crippen LogP contribution in [-0.4, -0.2) is 110 Å². The summed E-state index contributed by atoms with van der Waals surface area (Å²) in [6, 6.07) is 42.2. The van der Waals surface area contributed by atoms with Crippen molar-refractivity contribution in [2.24, 2.45) is 0 Å². The predicted octanol–water partition coefficient (Wildman–Crippen LogP) is 9.63. The number of sulfone groups is 1. The van der Waals surface area contributed by atoms with Crippen LogP contribution in [0.4, 0.5) is 5.82 Å². The summed E-state index contributed by atoms with van der Waals surface area (Å²) in [6.45, 7) is 11.1. The number of ether oxygens (including phenoxy) is 4. The summed E-state index contributed by atoms with van der Waals surface area (Å²) in [5, 5.41) is 2.52. The molecule has 20 heteroatoms. The number of nitrogens with zero attached hydrogens (tertiary/aromatic N) is 4.